The van der Waals surface area contributed by atoms with Crippen LogP contribution in [0.15, 0.2) is 11.6 Å². The Morgan fingerprint density at radius 1 is 1.21 bits per heavy atom. The van der Waals surface area contributed by atoms with Crippen LogP contribution in [0.5, 0.6) is 0 Å². The van der Waals surface area contributed by atoms with Crippen LogP contribution in [0.3, 0.4) is 0 Å². The Balaban J connectivity index is 2.79. The van der Waals surface area contributed by atoms with Gasteiger partial charge in [-0.25, -0.2) is 4.79 Å². The first-order chi connectivity index (χ1) is 8.50. The molecule has 0 saturated heterocycles. The fourth-order valence-corrected chi connectivity index (χ4v) is 2.30. The Morgan fingerprint density at radius 2 is 1.74 bits per heavy atom. The molecule has 108 valence electrons. The van der Waals surface area contributed by atoms with Crippen LogP contribution in [0, 0.1) is 17.3 Å². The van der Waals surface area contributed by atoms with Gasteiger partial charge in [-0.3, -0.25) is 4.79 Å². The van der Waals surface area contributed by atoms with Gasteiger partial charge in [-0.1, -0.05) is 19.9 Å². The van der Waals surface area contributed by atoms with Crippen molar-refractivity contribution in [1.29, 1.82) is 0 Å². The normalized spacial score (nSPS) is 25.7. The number of hydrogen-bond donors (Lipinski definition) is 0. The molecule has 0 heterocycles. The van der Waals surface area contributed by atoms with Crippen molar-refractivity contribution in [2.75, 3.05) is 7.11 Å². The van der Waals surface area contributed by atoms with E-state index >= 15 is 0 Å². The van der Waals surface area contributed by atoms with Gasteiger partial charge in [0.2, 0.25) is 0 Å². The lowest BCUT2D eigenvalue weighted by Crippen LogP contribution is -2.26. The van der Waals surface area contributed by atoms with Crippen LogP contribution < -0.4 is 0 Å². The Kier molecular flexibility index (Phi) is 4.13. The zero-order valence-corrected chi connectivity index (χ0v) is 12.9. The number of carbonyl (C=O) groups is 2. The molecule has 0 radical (unpaired) electrons. The zero-order chi connectivity index (χ0) is 15.0. The molecule has 2 atom stereocenters. The lowest BCUT2D eigenvalue weighted by atomic mass is 10.1. The third kappa shape index (κ3) is 3.58. The summed E-state index contributed by atoms with van der Waals surface area (Å²) in [6.45, 7) is 11.3. The minimum atomic E-state index is -0.485. The molecule has 2 unspecified atom stereocenters. The summed E-state index contributed by atoms with van der Waals surface area (Å²) in [5, 5.41) is 0. The van der Waals surface area contributed by atoms with E-state index in [1.807, 2.05) is 40.7 Å². The zero-order valence-electron chi connectivity index (χ0n) is 12.9. The summed E-state index contributed by atoms with van der Waals surface area (Å²) in [4.78, 5) is 23.5. The molecule has 0 aromatic carbocycles. The number of allylic oxidation sites excluding steroid dienone is 1. The van der Waals surface area contributed by atoms with E-state index in [1.165, 1.54) is 7.11 Å². The highest BCUT2D eigenvalue weighted by atomic mass is 16.6. The average Bonchev–Trinajstić information content (AvgIpc) is 2.76. The lowest BCUT2D eigenvalue weighted by molar-refractivity contribution is -0.157. The fraction of sp³-hybridized carbons (Fsp3) is 0.733. The molecule has 4 heteroatoms. The predicted octanol–water partition coefficient (Wildman–Crippen LogP) is 2.72. The van der Waals surface area contributed by atoms with E-state index in [-0.39, 0.29) is 29.2 Å². The predicted molar refractivity (Wildman–Crippen MR) is 72.4 cm³/mol. The standard InChI is InChI=1S/C15H24O4/c1-9(12(16)18-7)8-10-11(15(10,5)6)13(17)19-14(2,3)4/h8,10-11H,1-7H3/b9-8+. The van der Waals surface area contributed by atoms with Gasteiger partial charge in [0.05, 0.1) is 13.0 Å². The first-order valence-corrected chi connectivity index (χ1v) is 6.50. The summed E-state index contributed by atoms with van der Waals surface area (Å²) in [6.07, 6.45) is 1.82. The second-order valence-electron chi connectivity index (χ2n) is 6.70. The van der Waals surface area contributed by atoms with E-state index in [0.29, 0.717) is 5.57 Å². The van der Waals surface area contributed by atoms with Crippen molar-refractivity contribution in [3.8, 4) is 0 Å². The van der Waals surface area contributed by atoms with Crippen molar-refractivity contribution < 1.29 is 19.1 Å². The van der Waals surface area contributed by atoms with Gasteiger partial charge in [-0.15, -0.1) is 0 Å². The number of esters is 2. The van der Waals surface area contributed by atoms with Gasteiger partial charge in [-0.05, 0) is 39.0 Å². The van der Waals surface area contributed by atoms with E-state index in [9.17, 15) is 9.59 Å². The molecule has 0 aliphatic heterocycles. The third-order valence-corrected chi connectivity index (χ3v) is 3.51. The maximum Gasteiger partial charge on any atom is 0.333 e. The molecular weight excluding hydrogens is 244 g/mol. The molecule has 1 aliphatic carbocycles. The Hall–Kier alpha value is -1.32. The molecule has 0 aromatic heterocycles. The van der Waals surface area contributed by atoms with E-state index < -0.39 is 5.60 Å². The molecule has 1 rings (SSSR count). The van der Waals surface area contributed by atoms with Crippen LogP contribution in [-0.4, -0.2) is 24.6 Å². The number of methoxy groups -OCH3 is 1. The van der Waals surface area contributed by atoms with Crippen molar-refractivity contribution in [3.05, 3.63) is 11.6 Å². The van der Waals surface area contributed by atoms with Gasteiger partial charge in [-0.2, -0.15) is 0 Å². The van der Waals surface area contributed by atoms with Crippen LogP contribution >= 0.6 is 0 Å². The molecule has 0 N–H and O–H groups in total. The van der Waals surface area contributed by atoms with Crippen molar-refractivity contribution in [3.63, 3.8) is 0 Å². The summed E-state index contributed by atoms with van der Waals surface area (Å²) in [7, 11) is 1.35. The van der Waals surface area contributed by atoms with Gasteiger partial charge in [0.15, 0.2) is 0 Å². The Morgan fingerprint density at radius 3 is 2.16 bits per heavy atom. The smallest absolute Gasteiger partial charge is 0.333 e. The Labute approximate surface area is 115 Å². The first-order valence-electron chi connectivity index (χ1n) is 6.50. The summed E-state index contributed by atoms with van der Waals surface area (Å²) in [5.41, 5.74) is -0.120. The fourth-order valence-electron chi connectivity index (χ4n) is 2.30. The second kappa shape index (κ2) is 4.99. The van der Waals surface area contributed by atoms with Crippen molar-refractivity contribution >= 4 is 11.9 Å². The molecule has 1 aliphatic rings. The maximum absolute atomic E-state index is 12.1. The van der Waals surface area contributed by atoms with Crippen LogP contribution in [0.25, 0.3) is 0 Å². The average molecular weight is 268 g/mol. The van der Waals surface area contributed by atoms with Crippen LogP contribution in [0.2, 0.25) is 0 Å². The van der Waals surface area contributed by atoms with Crippen molar-refractivity contribution in [2.45, 2.75) is 47.1 Å². The topological polar surface area (TPSA) is 52.6 Å². The maximum atomic E-state index is 12.1. The van der Waals surface area contributed by atoms with E-state index in [1.54, 1.807) is 6.92 Å². The number of ether oxygens (including phenoxy) is 2. The van der Waals surface area contributed by atoms with E-state index in [2.05, 4.69) is 4.74 Å². The van der Waals surface area contributed by atoms with Gasteiger partial charge < -0.3 is 9.47 Å². The quantitative estimate of drug-likeness (QED) is 0.583. The molecule has 0 amide bonds. The van der Waals surface area contributed by atoms with E-state index in [4.69, 9.17) is 4.74 Å². The molecule has 0 aromatic rings. The summed E-state index contributed by atoms with van der Waals surface area (Å²) < 4.78 is 10.1. The summed E-state index contributed by atoms with van der Waals surface area (Å²) >= 11 is 0. The molecule has 0 spiro atoms. The van der Waals surface area contributed by atoms with Crippen LogP contribution in [0.4, 0.5) is 0 Å². The third-order valence-electron chi connectivity index (χ3n) is 3.51. The van der Waals surface area contributed by atoms with Gasteiger partial charge in [0, 0.05) is 5.57 Å². The first kappa shape index (κ1) is 15.7. The van der Waals surface area contributed by atoms with Crippen molar-refractivity contribution in [1.82, 2.24) is 0 Å². The summed E-state index contributed by atoms with van der Waals surface area (Å²) in [5.74, 6) is -0.713. The molecule has 4 nitrogen and oxygen atoms in total. The van der Waals surface area contributed by atoms with Crippen LogP contribution in [-0.2, 0) is 19.1 Å². The van der Waals surface area contributed by atoms with Gasteiger partial charge in [0.1, 0.15) is 5.60 Å². The number of rotatable bonds is 3. The highest BCUT2D eigenvalue weighted by Crippen LogP contribution is 2.60. The molecule has 1 fully saturated rings. The molecule has 19 heavy (non-hydrogen) atoms. The van der Waals surface area contributed by atoms with Gasteiger partial charge in [0.25, 0.3) is 0 Å². The number of hydrogen-bond acceptors (Lipinski definition) is 4. The minimum absolute atomic E-state index is 0.0291. The molecule has 1 saturated carbocycles. The van der Waals surface area contributed by atoms with Gasteiger partial charge >= 0.3 is 11.9 Å². The Bertz CT molecular complexity index is 412. The lowest BCUT2D eigenvalue weighted by Gasteiger charge is -2.19. The molecular formula is C15H24O4. The highest BCUT2D eigenvalue weighted by Gasteiger charge is 2.62. The number of carbonyl (C=O) groups excluding carboxylic acids is 2. The van der Waals surface area contributed by atoms with E-state index in [0.717, 1.165) is 0 Å². The largest absolute Gasteiger partial charge is 0.466 e. The minimum Gasteiger partial charge on any atom is -0.466 e. The monoisotopic (exact) mass is 268 g/mol. The SMILES string of the molecule is COC(=O)/C(C)=C/C1C(C(=O)OC(C)(C)C)C1(C)C. The van der Waals surface area contributed by atoms with Crippen molar-refractivity contribution in [2.24, 2.45) is 17.3 Å². The summed E-state index contributed by atoms with van der Waals surface area (Å²) in [6, 6.07) is 0. The highest BCUT2D eigenvalue weighted by molar-refractivity contribution is 5.88. The second-order valence-corrected chi connectivity index (χ2v) is 6.70. The van der Waals surface area contributed by atoms with Crippen LogP contribution in [0.1, 0.15) is 41.5 Å². The molecule has 0 bridgehead atoms.